The van der Waals surface area contributed by atoms with Gasteiger partial charge in [0.2, 0.25) is 0 Å². The van der Waals surface area contributed by atoms with Gasteiger partial charge < -0.3 is 10.3 Å². The molecular weight excluding hydrogens is 262 g/mol. The summed E-state index contributed by atoms with van der Waals surface area (Å²) in [5.41, 5.74) is 8.30. The van der Waals surface area contributed by atoms with Gasteiger partial charge in [-0.25, -0.2) is 4.98 Å². The highest BCUT2D eigenvalue weighted by molar-refractivity contribution is 5.70. The topological polar surface area (TPSA) is 61.7 Å². The van der Waals surface area contributed by atoms with Gasteiger partial charge in [-0.05, 0) is 26.2 Å². The fourth-order valence-corrected chi connectivity index (χ4v) is 3.36. The van der Waals surface area contributed by atoms with Gasteiger partial charge in [0.25, 0.3) is 0 Å². The van der Waals surface area contributed by atoms with Gasteiger partial charge in [0.05, 0.1) is 6.20 Å². The van der Waals surface area contributed by atoms with E-state index in [9.17, 15) is 0 Å². The molecule has 5 heteroatoms. The van der Waals surface area contributed by atoms with Crippen LogP contribution in [0.5, 0.6) is 0 Å². The fraction of sp³-hybridized carbons (Fsp3) is 0.625. The predicted molar refractivity (Wildman–Crippen MR) is 85.0 cm³/mol. The van der Waals surface area contributed by atoms with Crippen LogP contribution in [-0.4, -0.2) is 19.3 Å². The maximum atomic E-state index is 6.36. The van der Waals surface area contributed by atoms with Crippen LogP contribution in [0, 0.1) is 0 Å². The Kier molecular flexibility index (Phi) is 3.99. The molecule has 1 aliphatic rings. The van der Waals surface area contributed by atoms with Gasteiger partial charge in [-0.2, -0.15) is 5.10 Å². The lowest BCUT2D eigenvalue weighted by atomic mass is 10.1. The third kappa shape index (κ3) is 2.57. The molecule has 21 heavy (non-hydrogen) atoms. The summed E-state index contributed by atoms with van der Waals surface area (Å²) in [5.74, 6) is 2.54. The highest BCUT2D eigenvalue weighted by atomic mass is 15.3. The first-order valence-corrected chi connectivity index (χ1v) is 8.13. The lowest BCUT2D eigenvalue weighted by Gasteiger charge is -2.11. The van der Waals surface area contributed by atoms with Crippen molar-refractivity contribution in [1.29, 1.82) is 0 Å². The van der Waals surface area contributed by atoms with Crippen molar-refractivity contribution in [3.63, 3.8) is 0 Å². The van der Waals surface area contributed by atoms with E-state index in [0.29, 0.717) is 5.92 Å². The average molecular weight is 287 g/mol. The fourth-order valence-electron chi connectivity index (χ4n) is 3.36. The predicted octanol–water partition coefficient (Wildman–Crippen LogP) is 3.42. The molecule has 0 amide bonds. The summed E-state index contributed by atoms with van der Waals surface area (Å²) < 4.78 is 4.15. The second kappa shape index (κ2) is 5.92. The van der Waals surface area contributed by atoms with Crippen LogP contribution in [-0.2, 0) is 13.1 Å². The SMILES string of the molecule is CCCn1cc(-c2nc(C3CCCC3)n(CC)c2N)cn1. The molecule has 1 aliphatic carbocycles. The zero-order valence-corrected chi connectivity index (χ0v) is 13.0. The highest BCUT2D eigenvalue weighted by Crippen LogP contribution is 2.37. The summed E-state index contributed by atoms with van der Waals surface area (Å²) in [7, 11) is 0. The Morgan fingerprint density at radius 3 is 2.71 bits per heavy atom. The molecule has 3 rings (SSSR count). The minimum atomic E-state index is 0.576. The van der Waals surface area contributed by atoms with Crippen LogP contribution in [0.4, 0.5) is 5.82 Å². The summed E-state index contributed by atoms with van der Waals surface area (Å²) in [6.45, 7) is 6.11. The minimum absolute atomic E-state index is 0.576. The van der Waals surface area contributed by atoms with Gasteiger partial charge in [-0.1, -0.05) is 19.8 Å². The molecular formula is C16H25N5. The van der Waals surface area contributed by atoms with Gasteiger partial charge >= 0.3 is 0 Å². The van der Waals surface area contributed by atoms with Gasteiger partial charge in [-0.3, -0.25) is 4.68 Å². The van der Waals surface area contributed by atoms with E-state index < -0.39 is 0 Å². The van der Waals surface area contributed by atoms with Crippen LogP contribution < -0.4 is 5.73 Å². The number of nitrogen functional groups attached to an aromatic ring is 1. The van der Waals surface area contributed by atoms with Crippen LogP contribution in [0.1, 0.15) is 57.7 Å². The number of aromatic nitrogens is 4. The molecule has 0 unspecified atom stereocenters. The quantitative estimate of drug-likeness (QED) is 0.916. The smallest absolute Gasteiger partial charge is 0.131 e. The van der Waals surface area contributed by atoms with Crippen molar-refractivity contribution in [3.8, 4) is 11.3 Å². The van der Waals surface area contributed by atoms with Crippen LogP contribution in [0.2, 0.25) is 0 Å². The van der Waals surface area contributed by atoms with Crippen molar-refractivity contribution in [2.24, 2.45) is 0 Å². The molecule has 0 bridgehead atoms. The number of nitrogens with two attached hydrogens (primary N) is 1. The van der Waals surface area contributed by atoms with Gasteiger partial charge in [-0.15, -0.1) is 0 Å². The monoisotopic (exact) mass is 287 g/mol. The first kappa shape index (κ1) is 14.2. The largest absolute Gasteiger partial charge is 0.383 e. The minimum Gasteiger partial charge on any atom is -0.383 e. The van der Waals surface area contributed by atoms with E-state index in [1.54, 1.807) is 0 Å². The Labute approximate surface area is 126 Å². The summed E-state index contributed by atoms with van der Waals surface area (Å²) in [4.78, 5) is 4.89. The molecule has 1 saturated carbocycles. The molecule has 0 aromatic carbocycles. The standard InChI is InChI=1S/C16H25N5/c1-3-9-20-11-13(10-18-20)14-15(17)21(4-2)16(19-14)12-7-5-6-8-12/h10-12H,3-9,17H2,1-2H3. The summed E-state index contributed by atoms with van der Waals surface area (Å²) >= 11 is 0. The van der Waals surface area contributed by atoms with Crippen molar-refractivity contribution in [2.45, 2.75) is 65.0 Å². The van der Waals surface area contributed by atoms with E-state index in [2.05, 4.69) is 29.7 Å². The maximum absolute atomic E-state index is 6.36. The average Bonchev–Trinajstić information content (AvgIpc) is 3.18. The van der Waals surface area contributed by atoms with Crippen molar-refractivity contribution < 1.29 is 0 Å². The number of aryl methyl sites for hydroxylation is 1. The zero-order chi connectivity index (χ0) is 14.8. The van der Waals surface area contributed by atoms with E-state index in [1.807, 2.05) is 10.9 Å². The molecule has 2 aromatic heterocycles. The number of nitrogens with zero attached hydrogens (tertiary/aromatic N) is 4. The lowest BCUT2D eigenvalue weighted by Crippen LogP contribution is -2.08. The van der Waals surface area contributed by atoms with Crippen LogP contribution in [0.3, 0.4) is 0 Å². The second-order valence-electron chi connectivity index (χ2n) is 5.92. The summed E-state index contributed by atoms with van der Waals surface area (Å²) in [6.07, 6.45) is 10.1. The number of hydrogen-bond donors (Lipinski definition) is 1. The van der Waals surface area contributed by atoms with Crippen LogP contribution in [0.25, 0.3) is 11.3 Å². The Hall–Kier alpha value is -1.78. The third-order valence-electron chi connectivity index (χ3n) is 4.43. The van der Waals surface area contributed by atoms with Crippen molar-refractivity contribution in [3.05, 3.63) is 18.2 Å². The van der Waals surface area contributed by atoms with E-state index in [1.165, 1.54) is 31.5 Å². The maximum Gasteiger partial charge on any atom is 0.131 e. The normalized spacial score (nSPS) is 15.9. The Morgan fingerprint density at radius 1 is 1.29 bits per heavy atom. The molecule has 114 valence electrons. The Morgan fingerprint density at radius 2 is 2.05 bits per heavy atom. The molecule has 1 fully saturated rings. The third-order valence-corrected chi connectivity index (χ3v) is 4.43. The van der Waals surface area contributed by atoms with Gasteiger partial charge in [0.1, 0.15) is 17.3 Å². The summed E-state index contributed by atoms with van der Waals surface area (Å²) in [5, 5.41) is 4.40. The second-order valence-corrected chi connectivity index (χ2v) is 5.92. The van der Waals surface area contributed by atoms with Crippen molar-refractivity contribution in [1.82, 2.24) is 19.3 Å². The molecule has 0 aliphatic heterocycles. The lowest BCUT2D eigenvalue weighted by molar-refractivity contribution is 0.603. The summed E-state index contributed by atoms with van der Waals surface area (Å²) in [6, 6.07) is 0. The molecule has 0 saturated heterocycles. The molecule has 2 aromatic rings. The highest BCUT2D eigenvalue weighted by Gasteiger charge is 2.25. The number of imidazole rings is 1. The molecule has 0 spiro atoms. The molecule has 0 radical (unpaired) electrons. The molecule has 5 nitrogen and oxygen atoms in total. The van der Waals surface area contributed by atoms with E-state index >= 15 is 0 Å². The Bertz CT molecular complexity index is 604. The van der Waals surface area contributed by atoms with Crippen molar-refractivity contribution >= 4 is 5.82 Å². The van der Waals surface area contributed by atoms with Gasteiger partial charge in [0, 0.05) is 30.8 Å². The van der Waals surface area contributed by atoms with Crippen LogP contribution in [0.15, 0.2) is 12.4 Å². The molecule has 0 atom stereocenters. The van der Waals surface area contributed by atoms with Gasteiger partial charge in [0.15, 0.2) is 0 Å². The van der Waals surface area contributed by atoms with Crippen LogP contribution >= 0.6 is 0 Å². The number of anilines is 1. The number of rotatable bonds is 5. The zero-order valence-electron chi connectivity index (χ0n) is 13.0. The van der Waals surface area contributed by atoms with E-state index in [-0.39, 0.29) is 0 Å². The van der Waals surface area contributed by atoms with E-state index in [4.69, 9.17) is 10.7 Å². The Balaban J connectivity index is 1.97. The first-order valence-electron chi connectivity index (χ1n) is 8.13. The van der Waals surface area contributed by atoms with Crippen molar-refractivity contribution in [2.75, 3.05) is 5.73 Å². The molecule has 2 heterocycles. The first-order chi connectivity index (χ1) is 10.2. The molecule has 2 N–H and O–H groups in total. The van der Waals surface area contributed by atoms with E-state index in [0.717, 1.165) is 36.6 Å². The number of hydrogen-bond acceptors (Lipinski definition) is 3.